The summed E-state index contributed by atoms with van der Waals surface area (Å²) in [6.45, 7) is 1.68. The second-order valence-corrected chi connectivity index (χ2v) is 6.72. The van der Waals surface area contributed by atoms with E-state index in [9.17, 15) is 18.0 Å². The fourth-order valence-corrected chi connectivity index (χ4v) is 3.32. The van der Waals surface area contributed by atoms with E-state index in [0.717, 1.165) is 6.07 Å². The summed E-state index contributed by atoms with van der Waals surface area (Å²) in [5, 5.41) is 3.77. The molecule has 0 aliphatic rings. The number of fused-ring (bicyclic) bond motifs is 1. The van der Waals surface area contributed by atoms with Crippen molar-refractivity contribution in [3.05, 3.63) is 68.3 Å². The van der Waals surface area contributed by atoms with Gasteiger partial charge in [-0.15, -0.1) is 0 Å². The SMILES string of the molecule is C[C@@H](Nc1ccnc2c1cc(Br)c(=O)n2C)c1cccc(C(F)F)c1F. The normalized spacial score (nSPS) is 12.6. The van der Waals surface area contributed by atoms with E-state index < -0.39 is 23.8 Å². The molecule has 0 unspecified atom stereocenters. The molecule has 1 atom stereocenters. The van der Waals surface area contributed by atoms with E-state index in [4.69, 9.17) is 0 Å². The van der Waals surface area contributed by atoms with E-state index in [2.05, 4.69) is 26.2 Å². The van der Waals surface area contributed by atoms with Crippen LogP contribution < -0.4 is 10.9 Å². The zero-order valence-electron chi connectivity index (χ0n) is 13.9. The number of aryl methyl sites for hydroxylation is 1. The van der Waals surface area contributed by atoms with Crippen molar-refractivity contribution in [1.29, 1.82) is 0 Å². The number of halogens is 4. The van der Waals surface area contributed by atoms with E-state index >= 15 is 0 Å². The minimum atomic E-state index is -2.88. The number of aromatic nitrogens is 2. The molecule has 1 N–H and O–H groups in total. The fraction of sp³-hybridized carbons (Fsp3) is 0.222. The average molecular weight is 426 g/mol. The van der Waals surface area contributed by atoms with Crippen LogP contribution in [0.5, 0.6) is 0 Å². The number of alkyl halides is 2. The fourth-order valence-electron chi connectivity index (χ4n) is 2.82. The van der Waals surface area contributed by atoms with Gasteiger partial charge in [-0.1, -0.05) is 18.2 Å². The van der Waals surface area contributed by atoms with Gasteiger partial charge in [0.2, 0.25) is 0 Å². The number of nitrogens with zero attached hydrogens (tertiary/aromatic N) is 2. The van der Waals surface area contributed by atoms with Crippen LogP contribution in [0, 0.1) is 5.82 Å². The van der Waals surface area contributed by atoms with Crippen LogP contribution >= 0.6 is 15.9 Å². The van der Waals surface area contributed by atoms with Crippen molar-refractivity contribution in [3.8, 4) is 0 Å². The van der Waals surface area contributed by atoms with Gasteiger partial charge in [-0.2, -0.15) is 0 Å². The first-order chi connectivity index (χ1) is 12.3. The molecule has 0 aliphatic carbocycles. The third kappa shape index (κ3) is 3.21. The molecule has 0 aliphatic heterocycles. The molecular weight excluding hydrogens is 411 g/mol. The predicted octanol–water partition coefficient (Wildman–Crippen LogP) is 4.95. The second kappa shape index (κ2) is 7.11. The molecule has 0 saturated heterocycles. The zero-order chi connectivity index (χ0) is 19.0. The molecule has 0 amide bonds. The standard InChI is InChI=1S/C18H15BrF3N3O/c1-9(10-4-3-5-11(15(10)20)16(21)22)24-14-6-7-23-17-12(14)8-13(19)18(26)25(17)2/h3-9,16H,1-2H3,(H,23,24)/t9-/m1/s1. The van der Waals surface area contributed by atoms with Crippen molar-refractivity contribution < 1.29 is 13.2 Å². The quantitative estimate of drug-likeness (QED) is 0.643. The van der Waals surface area contributed by atoms with Gasteiger partial charge in [0, 0.05) is 29.9 Å². The summed E-state index contributed by atoms with van der Waals surface area (Å²) in [4.78, 5) is 16.2. The van der Waals surface area contributed by atoms with Gasteiger partial charge in [0.05, 0.1) is 16.1 Å². The molecule has 2 heterocycles. The minimum Gasteiger partial charge on any atom is -0.378 e. The van der Waals surface area contributed by atoms with Crippen molar-refractivity contribution in [2.45, 2.75) is 19.4 Å². The number of nitrogens with one attached hydrogen (secondary N) is 1. The highest BCUT2D eigenvalue weighted by Gasteiger charge is 2.20. The highest BCUT2D eigenvalue weighted by atomic mass is 79.9. The van der Waals surface area contributed by atoms with Crippen molar-refractivity contribution >= 4 is 32.7 Å². The minimum absolute atomic E-state index is 0.136. The maximum absolute atomic E-state index is 14.4. The molecule has 0 fully saturated rings. The molecular formula is C18H15BrF3N3O. The van der Waals surface area contributed by atoms with Gasteiger partial charge in [0.15, 0.2) is 0 Å². The first-order valence-corrected chi connectivity index (χ1v) is 8.57. The Morgan fingerprint density at radius 3 is 2.62 bits per heavy atom. The third-order valence-electron chi connectivity index (χ3n) is 4.20. The zero-order valence-corrected chi connectivity index (χ0v) is 15.5. The summed E-state index contributed by atoms with van der Waals surface area (Å²) < 4.78 is 42.0. The number of hydrogen-bond donors (Lipinski definition) is 1. The Morgan fingerprint density at radius 2 is 1.92 bits per heavy atom. The van der Waals surface area contributed by atoms with Crippen molar-refractivity contribution in [2.75, 3.05) is 5.32 Å². The van der Waals surface area contributed by atoms with Gasteiger partial charge in [0.25, 0.3) is 12.0 Å². The Hall–Kier alpha value is -2.35. The van der Waals surface area contributed by atoms with E-state index in [1.807, 2.05) is 0 Å². The maximum atomic E-state index is 14.4. The van der Waals surface area contributed by atoms with Gasteiger partial charge in [-0.25, -0.2) is 18.2 Å². The van der Waals surface area contributed by atoms with E-state index in [-0.39, 0.29) is 11.1 Å². The van der Waals surface area contributed by atoms with Crippen molar-refractivity contribution in [3.63, 3.8) is 0 Å². The molecule has 4 nitrogen and oxygen atoms in total. The largest absolute Gasteiger partial charge is 0.378 e. The lowest BCUT2D eigenvalue weighted by atomic mass is 10.0. The topological polar surface area (TPSA) is 46.9 Å². The number of rotatable bonds is 4. The molecule has 26 heavy (non-hydrogen) atoms. The van der Waals surface area contributed by atoms with Gasteiger partial charge in [-0.05, 0) is 35.0 Å². The molecule has 1 aromatic carbocycles. The van der Waals surface area contributed by atoms with Gasteiger partial charge >= 0.3 is 0 Å². The molecule has 0 radical (unpaired) electrons. The van der Waals surface area contributed by atoms with E-state index in [1.165, 1.54) is 22.9 Å². The number of pyridine rings is 2. The van der Waals surface area contributed by atoms with Crippen LogP contribution in [0.2, 0.25) is 0 Å². The smallest absolute Gasteiger partial charge is 0.266 e. The summed E-state index contributed by atoms with van der Waals surface area (Å²) in [6.07, 6.45) is -1.36. The Morgan fingerprint density at radius 1 is 1.23 bits per heavy atom. The predicted molar refractivity (Wildman–Crippen MR) is 98.1 cm³/mol. The lowest BCUT2D eigenvalue weighted by Gasteiger charge is -2.19. The van der Waals surface area contributed by atoms with Crippen LogP contribution in [0.1, 0.15) is 30.5 Å². The molecule has 8 heteroatoms. The maximum Gasteiger partial charge on any atom is 0.266 e. The van der Waals surface area contributed by atoms with E-state index in [0.29, 0.717) is 21.2 Å². The van der Waals surface area contributed by atoms with Crippen molar-refractivity contribution in [1.82, 2.24) is 9.55 Å². The van der Waals surface area contributed by atoms with Crippen LogP contribution in [-0.4, -0.2) is 9.55 Å². The summed E-state index contributed by atoms with van der Waals surface area (Å²) in [5.41, 5.74) is 0.348. The molecule has 2 aromatic heterocycles. The molecule has 0 bridgehead atoms. The third-order valence-corrected chi connectivity index (χ3v) is 4.77. The Balaban J connectivity index is 2.05. The molecule has 136 valence electrons. The Labute approximate surface area is 155 Å². The van der Waals surface area contributed by atoms with Gasteiger partial charge in [-0.3, -0.25) is 9.36 Å². The molecule has 3 aromatic rings. The Bertz CT molecular complexity index is 1040. The second-order valence-electron chi connectivity index (χ2n) is 5.87. The van der Waals surface area contributed by atoms with Crippen LogP contribution in [0.3, 0.4) is 0 Å². The lowest BCUT2D eigenvalue weighted by Crippen LogP contribution is -2.19. The van der Waals surface area contributed by atoms with Crippen LogP contribution in [0.15, 0.2) is 45.8 Å². The summed E-state index contributed by atoms with van der Waals surface area (Å²) in [7, 11) is 1.60. The molecule has 0 spiro atoms. The first kappa shape index (κ1) is 18.4. The van der Waals surface area contributed by atoms with Crippen LogP contribution in [0.4, 0.5) is 18.9 Å². The number of anilines is 1. The monoisotopic (exact) mass is 425 g/mol. The summed E-state index contributed by atoms with van der Waals surface area (Å²) in [6, 6.07) is 6.69. The number of benzene rings is 1. The van der Waals surface area contributed by atoms with Crippen LogP contribution in [-0.2, 0) is 7.05 Å². The lowest BCUT2D eigenvalue weighted by molar-refractivity contribution is 0.146. The molecule has 3 rings (SSSR count). The van der Waals surface area contributed by atoms with Crippen LogP contribution in [0.25, 0.3) is 11.0 Å². The highest BCUT2D eigenvalue weighted by Crippen LogP contribution is 2.31. The van der Waals surface area contributed by atoms with Crippen molar-refractivity contribution in [2.24, 2.45) is 7.05 Å². The van der Waals surface area contributed by atoms with Gasteiger partial charge in [0.1, 0.15) is 11.5 Å². The highest BCUT2D eigenvalue weighted by molar-refractivity contribution is 9.10. The average Bonchev–Trinajstić information content (AvgIpc) is 2.60. The summed E-state index contributed by atoms with van der Waals surface area (Å²) in [5.74, 6) is -0.922. The first-order valence-electron chi connectivity index (χ1n) is 7.78. The van der Waals surface area contributed by atoms with Gasteiger partial charge < -0.3 is 5.32 Å². The Kier molecular flexibility index (Phi) is 5.04. The summed E-state index contributed by atoms with van der Waals surface area (Å²) >= 11 is 3.22. The molecule has 0 saturated carbocycles. The number of hydrogen-bond acceptors (Lipinski definition) is 3. The van der Waals surface area contributed by atoms with E-state index in [1.54, 1.807) is 26.1 Å².